The average molecular weight is 541 g/mol. The highest BCUT2D eigenvalue weighted by molar-refractivity contribution is 7.26. The fourth-order valence-corrected chi connectivity index (χ4v) is 8.09. The van der Waals surface area contributed by atoms with Crippen molar-refractivity contribution < 1.29 is 9.31 Å². The van der Waals surface area contributed by atoms with E-state index in [1.54, 1.807) is 0 Å². The molecule has 10 rings (SSSR count). The molecule has 0 fully saturated rings. The summed E-state index contributed by atoms with van der Waals surface area (Å²) in [5.41, 5.74) is 9.16. The van der Waals surface area contributed by atoms with Crippen LogP contribution in [0.3, 0.4) is 0 Å². The van der Waals surface area contributed by atoms with Crippen LogP contribution in [-0.4, -0.2) is 11.7 Å². The highest BCUT2D eigenvalue weighted by Crippen LogP contribution is 2.46. The minimum atomic E-state index is -0.478. The maximum absolute atomic E-state index is 6.42. The predicted molar refractivity (Wildman–Crippen MR) is 171 cm³/mol. The summed E-state index contributed by atoms with van der Waals surface area (Å²) in [6, 6.07) is 43.4. The van der Waals surface area contributed by atoms with Crippen molar-refractivity contribution >= 4 is 65.9 Å². The molecule has 41 heavy (non-hydrogen) atoms. The molecule has 4 heterocycles. The molecule has 0 saturated carbocycles. The van der Waals surface area contributed by atoms with Gasteiger partial charge in [-0.1, -0.05) is 72.8 Å². The van der Waals surface area contributed by atoms with Gasteiger partial charge in [-0.05, 0) is 59.7 Å². The van der Waals surface area contributed by atoms with Gasteiger partial charge >= 0.3 is 7.12 Å². The van der Waals surface area contributed by atoms with Gasteiger partial charge in [-0.3, -0.25) is 0 Å². The van der Waals surface area contributed by atoms with E-state index in [9.17, 15) is 0 Å². The summed E-state index contributed by atoms with van der Waals surface area (Å²) in [5.74, 6) is 1.70. The van der Waals surface area contributed by atoms with Gasteiger partial charge in [0.2, 0.25) is 0 Å². The molecule has 0 unspecified atom stereocenters. The van der Waals surface area contributed by atoms with E-state index in [-0.39, 0.29) is 0 Å². The van der Waals surface area contributed by atoms with E-state index in [1.807, 2.05) is 35.6 Å². The van der Waals surface area contributed by atoms with Crippen LogP contribution in [0.4, 0.5) is 0 Å². The third kappa shape index (κ3) is 2.83. The first-order chi connectivity index (χ1) is 20.3. The van der Waals surface area contributed by atoms with Crippen LogP contribution < -0.4 is 14.8 Å². The van der Waals surface area contributed by atoms with Crippen molar-refractivity contribution in [3.05, 3.63) is 121 Å². The highest BCUT2D eigenvalue weighted by Gasteiger charge is 2.41. The topological polar surface area (TPSA) is 23.4 Å². The predicted octanol–water partition coefficient (Wildman–Crippen LogP) is 8.97. The molecule has 0 N–H and O–H groups in total. The number of para-hydroxylation sites is 3. The Morgan fingerprint density at radius 1 is 0.512 bits per heavy atom. The molecule has 190 valence electrons. The maximum atomic E-state index is 6.42. The van der Waals surface area contributed by atoms with Crippen molar-refractivity contribution in [1.82, 2.24) is 4.57 Å². The fourth-order valence-electron chi connectivity index (χ4n) is 6.98. The Bertz CT molecular complexity index is 2330. The van der Waals surface area contributed by atoms with Crippen LogP contribution in [0.5, 0.6) is 11.5 Å². The van der Waals surface area contributed by atoms with Crippen molar-refractivity contribution in [2.75, 3.05) is 0 Å². The second kappa shape index (κ2) is 7.81. The van der Waals surface area contributed by atoms with E-state index in [4.69, 9.17) is 9.31 Å². The van der Waals surface area contributed by atoms with E-state index >= 15 is 0 Å². The first-order valence-electron chi connectivity index (χ1n) is 13.9. The van der Waals surface area contributed by atoms with Gasteiger partial charge in [0, 0.05) is 53.2 Å². The lowest BCUT2D eigenvalue weighted by atomic mass is 9.66. The van der Waals surface area contributed by atoms with E-state index in [2.05, 4.69) is 102 Å². The van der Waals surface area contributed by atoms with Gasteiger partial charge in [-0.25, -0.2) is 0 Å². The number of hydrogen-bond donors (Lipinski definition) is 0. The fraction of sp³-hybridized carbons (Fsp3) is 0. The summed E-state index contributed by atoms with van der Waals surface area (Å²) < 4.78 is 17.9. The molecular formula is C36H20BNO2S. The van der Waals surface area contributed by atoms with Gasteiger partial charge < -0.3 is 13.9 Å². The van der Waals surface area contributed by atoms with Gasteiger partial charge in [-0.15, -0.1) is 11.3 Å². The lowest BCUT2D eigenvalue weighted by molar-refractivity contribution is 0.436. The SMILES string of the molecule is c1ccc2c(c1)OB1Oc3ccccc3-c3cc(-n4c5ccccc5c5c6c(ccc54)sc4ccccc46)cc-2c31. The van der Waals surface area contributed by atoms with E-state index in [0.717, 1.165) is 44.9 Å². The van der Waals surface area contributed by atoms with Gasteiger partial charge in [-0.2, -0.15) is 0 Å². The zero-order valence-electron chi connectivity index (χ0n) is 21.8. The number of aromatic nitrogens is 1. The normalized spacial score (nSPS) is 13.2. The molecule has 0 radical (unpaired) electrons. The Balaban J connectivity index is 1.37. The van der Waals surface area contributed by atoms with E-state index in [1.165, 1.54) is 42.0 Å². The lowest BCUT2D eigenvalue weighted by Gasteiger charge is -2.32. The summed E-state index contributed by atoms with van der Waals surface area (Å²) in [4.78, 5) is 0. The quantitative estimate of drug-likeness (QED) is 0.194. The Hall–Kier alpha value is -5.00. The number of hydrogen-bond acceptors (Lipinski definition) is 3. The average Bonchev–Trinajstić information content (AvgIpc) is 3.56. The van der Waals surface area contributed by atoms with Crippen molar-refractivity contribution in [2.45, 2.75) is 0 Å². The Labute approximate surface area is 239 Å². The summed E-state index contributed by atoms with van der Waals surface area (Å²) in [5, 5.41) is 5.25. The molecular weight excluding hydrogens is 521 g/mol. The third-order valence-corrected chi connectivity index (χ3v) is 9.79. The molecule has 3 nitrogen and oxygen atoms in total. The second-order valence-corrected chi connectivity index (χ2v) is 11.9. The van der Waals surface area contributed by atoms with Crippen LogP contribution in [0, 0.1) is 0 Å². The molecule has 0 amide bonds. The summed E-state index contributed by atoms with van der Waals surface area (Å²) in [7, 11) is -0.478. The van der Waals surface area contributed by atoms with Crippen LogP contribution in [0.1, 0.15) is 0 Å². The molecule has 8 aromatic rings. The molecule has 0 bridgehead atoms. The summed E-state index contributed by atoms with van der Waals surface area (Å²) in [6.45, 7) is 0. The Morgan fingerprint density at radius 3 is 1.90 bits per heavy atom. The molecule has 0 aliphatic carbocycles. The molecule has 5 heteroatoms. The first-order valence-corrected chi connectivity index (χ1v) is 14.7. The molecule has 0 atom stereocenters. The zero-order valence-corrected chi connectivity index (χ0v) is 22.6. The van der Waals surface area contributed by atoms with Crippen molar-refractivity contribution in [2.24, 2.45) is 0 Å². The number of thiophene rings is 1. The smallest absolute Gasteiger partial charge is 0.521 e. The maximum Gasteiger partial charge on any atom is 0.633 e. The lowest BCUT2D eigenvalue weighted by Crippen LogP contribution is -2.49. The Morgan fingerprint density at radius 2 is 1.15 bits per heavy atom. The molecule has 0 saturated heterocycles. The molecule has 2 aromatic heterocycles. The molecule has 2 aliphatic heterocycles. The number of nitrogens with zero attached hydrogens (tertiary/aromatic N) is 1. The monoisotopic (exact) mass is 541 g/mol. The van der Waals surface area contributed by atoms with Crippen LogP contribution in [-0.2, 0) is 0 Å². The van der Waals surface area contributed by atoms with Crippen molar-refractivity contribution in [1.29, 1.82) is 0 Å². The molecule has 0 spiro atoms. The molecule has 2 aliphatic rings. The van der Waals surface area contributed by atoms with Crippen LogP contribution in [0.2, 0.25) is 0 Å². The van der Waals surface area contributed by atoms with Crippen LogP contribution in [0.25, 0.3) is 69.9 Å². The minimum Gasteiger partial charge on any atom is -0.521 e. The second-order valence-electron chi connectivity index (χ2n) is 10.8. The van der Waals surface area contributed by atoms with Crippen LogP contribution in [0.15, 0.2) is 121 Å². The summed E-state index contributed by atoms with van der Waals surface area (Å²) in [6.07, 6.45) is 0. The molecule has 6 aromatic carbocycles. The van der Waals surface area contributed by atoms with Gasteiger partial charge in [0.05, 0.1) is 11.0 Å². The van der Waals surface area contributed by atoms with Gasteiger partial charge in [0.15, 0.2) is 0 Å². The van der Waals surface area contributed by atoms with Crippen LogP contribution >= 0.6 is 11.3 Å². The zero-order chi connectivity index (χ0) is 26.7. The van der Waals surface area contributed by atoms with E-state index < -0.39 is 7.12 Å². The Kier molecular flexibility index (Phi) is 4.15. The van der Waals surface area contributed by atoms with Crippen molar-refractivity contribution in [3.63, 3.8) is 0 Å². The largest absolute Gasteiger partial charge is 0.633 e. The summed E-state index contributed by atoms with van der Waals surface area (Å²) >= 11 is 1.87. The number of rotatable bonds is 1. The van der Waals surface area contributed by atoms with Crippen molar-refractivity contribution in [3.8, 4) is 39.4 Å². The third-order valence-electron chi connectivity index (χ3n) is 8.66. The minimum absolute atomic E-state index is 0.478. The standard InChI is InChI=1S/C36H20BNO2S/c1-5-13-28-24(11-1)34-29(17-18-33-35(34)25-12-4-8-16-32(25)41-33)38(28)21-19-26-22-9-2-6-14-30(22)39-37-36(26)27(20-21)23-10-3-7-15-31(23)40-37/h1-20H. The van der Waals surface area contributed by atoms with Gasteiger partial charge in [0.1, 0.15) is 11.5 Å². The number of benzene rings is 6. The highest BCUT2D eigenvalue weighted by atomic mass is 32.1. The first kappa shape index (κ1) is 21.8. The number of fused-ring (bicyclic) bond motifs is 11. The van der Waals surface area contributed by atoms with Gasteiger partial charge in [0.25, 0.3) is 0 Å². The van der Waals surface area contributed by atoms with E-state index in [0.29, 0.717) is 0 Å².